The normalized spacial score (nSPS) is 14.0. The summed E-state index contributed by atoms with van der Waals surface area (Å²) in [4.78, 5) is 0. The molecule has 0 saturated heterocycles. The minimum Gasteiger partial charge on any atom is -0.454 e. The lowest BCUT2D eigenvalue weighted by molar-refractivity contribution is 0.173. The Labute approximate surface area is 122 Å². The first-order valence-corrected chi connectivity index (χ1v) is 6.71. The van der Waals surface area contributed by atoms with Gasteiger partial charge in [-0.2, -0.15) is 0 Å². The largest absolute Gasteiger partial charge is 0.454 e. The quantitative estimate of drug-likeness (QED) is 0.908. The summed E-state index contributed by atoms with van der Waals surface area (Å²) in [6.07, 6.45) is -0.691. The Hall–Kier alpha value is -2.27. The first-order valence-electron chi connectivity index (χ1n) is 6.71. The molecule has 0 radical (unpaired) electrons. The van der Waals surface area contributed by atoms with Crippen LogP contribution < -0.4 is 14.8 Å². The first kappa shape index (κ1) is 13.7. The molecule has 0 aliphatic carbocycles. The number of halogens is 1. The Balaban J connectivity index is 1.67. The van der Waals surface area contributed by atoms with Gasteiger partial charge in [0.1, 0.15) is 5.82 Å². The smallest absolute Gasteiger partial charge is 0.231 e. The topological polar surface area (TPSA) is 50.7 Å². The predicted molar refractivity (Wildman–Crippen MR) is 77.2 cm³/mol. The van der Waals surface area contributed by atoms with E-state index in [-0.39, 0.29) is 12.6 Å². The molecule has 2 aromatic rings. The van der Waals surface area contributed by atoms with E-state index in [2.05, 4.69) is 5.32 Å². The van der Waals surface area contributed by atoms with Crippen LogP contribution in [0.1, 0.15) is 17.2 Å². The van der Waals surface area contributed by atoms with Gasteiger partial charge in [-0.05, 0) is 48.4 Å². The summed E-state index contributed by atoms with van der Waals surface area (Å²) in [6.45, 7) is 2.35. The zero-order chi connectivity index (χ0) is 14.8. The second-order valence-corrected chi connectivity index (χ2v) is 4.97. The maximum absolute atomic E-state index is 13.0. The van der Waals surface area contributed by atoms with Crippen molar-refractivity contribution in [3.8, 4) is 11.5 Å². The summed E-state index contributed by atoms with van der Waals surface area (Å²) in [7, 11) is 0. The van der Waals surface area contributed by atoms with Crippen molar-refractivity contribution in [2.45, 2.75) is 13.0 Å². The first-order chi connectivity index (χ1) is 10.1. The molecule has 0 saturated carbocycles. The lowest BCUT2D eigenvalue weighted by Crippen LogP contribution is -2.12. The number of aliphatic hydroxyl groups is 1. The zero-order valence-electron chi connectivity index (χ0n) is 11.6. The van der Waals surface area contributed by atoms with E-state index in [1.54, 1.807) is 24.3 Å². The second-order valence-electron chi connectivity index (χ2n) is 4.97. The van der Waals surface area contributed by atoms with Crippen molar-refractivity contribution in [2.75, 3.05) is 18.7 Å². The number of anilines is 1. The number of ether oxygens (including phenoxy) is 2. The van der Waals surface area contributed by atoms with Gasteiger partial charge in [-0.3, -0.25) is 0 Å². The molecule has 0 fully saturated rings. The van der Waals surface area contributed by atoms with Gasteiger partial charge in [-0.15, -0.1) is 0 Å². The van der Waals surface area contributed by atoms with Crippen molar-refractivity contribution in [3.05, 3.63) is 53.3 Å². The third-order valence-corrected chi connectivity index (χ3v) is 3.46. The molecule has 5 heteroatoms. The van der Waals surface area contributed by atoms with Crippen molar-refractivity contribution < 1.29 is 19.0 Å². The van der Waals surface area contributed by atoms with Gasteiger partial charge in [0.05, 0.1) is 6.10 Å². The maximum Gasteiger partial charge on any atom is 0.231 e. The standard InChI is InChI=1S/C16H16FNO3/c1-10-6-12(17)3-4-13(10)18-8-14(19)11-2-5-15-16(7-11)21-9-20-15/h2-7,14,18-19H,8-9H2,1H3. The number of nitrogens with one attached hydrogen (secondary N) is 1. The van der Waals surface area contributed by atoms with E-state index in [1.165, 1.54) is 12.1 Å². The molecular formula is C16H16FNO3. The van der Waals surface area contributed by atoms with E-state index in [0.717, 1.165) is 16.8 Å². The molecule has 2 N–H and O–H groups in total. The fourth-order valence-electron chi connectivity index (χ4n) is 2.27. The van der Waals surface area contributed by atoms with Gasteiger partial charge in [0.25, 0.3) is 0 Å². The molecule has 21 heavy (non-hydrogen) atoms. The zero-order valence-corrected chi connectivity index (χ0v) is 11.6. The summed E-state index contributed by atoms with van der Waals surface area (Å²) >= 11 is 0. The van der Waals surface area contributed by atoms with E-state index in [4.69, 9.17) is 9.47 Å². The monoisotopic (exact) mass is 289 g/mol. The van der Waals surface area contributed by atoms with Gasteiger partial charge in [0, 0.05) is 12.2 Å². The molecular weight excluding hydrogens is 273 g/mol. The summed E-state index contributed by atoms with van der Waals surface area (Å²) in [5.74, 6) is 1.06. The maximum atomic E-state index is 13.0. The van der Waals surface area contributed by atoms with Crippen LogP contribution in [0, 0.1) is 12.7 Å². The Morgan fingerprint density at radius 1 is 1.19 bits per heavy atom. The van der Waals surface area contributed by atoms with Crippen molar-refractivity contribution >= 4 is 5.69 Å². The summed E-state index contributed by atoms with van der Waals surface area (Å²) in [5, 5.41) is 13.3. The van der Waals surface area contributed by atoms with E-state index in [0.29, 0.717) is 18.0 Å². The number of benzene rings is 2. The summed E-state index contributed by atoms with van der Waals surface area (Å²) in [6, 6.07) is 9.86. The lowest BCUT2D eigenvalue weighted by atomic mass is 10.1. The highest BCUT2D eigenvalue weighted by Gasteiger charge is 2.16. The highest BCUT2D eigenvalue weighted by atomic mass is 19.1. The molecule has 110 valence electrons. The van der Waals surface area contributed by atoms with E-state index < -0.39 is 6.10 Å². The molecule has 3 rings (SSSR count). The highest BCUT2D eigenvalue weighted by molar-refractivity contribution is 5.51. The Bertz CT molecular complexity index is 660. The predicted octanol–water partition coefficient (Wildman–Crippen LogP) is 3.01. The van der Waals surface area contributed by atoms with Crippen LogP contribution in [0.2, 0.25) is 0 Å². The molecule has 0 amide bonds. The minimum absolute atomic E-state index is 0.210. The Morgan fingerprint density at radius 2 is 2.00 bits per heavy atom. The highest BCUT2D eigenvalue weighted by Crippen LogP contribution is 2.34. The number of aryl methyl sites for hydroxylation is 1. The molecule has 1 unspecified atom stereocenters. The van der Waals surface area contributed by atoms with E-state index in [9.17, 15) is 9.50 Å². The number of fused-ring (bicyclic) bond motifs is 1. The molecule has 1 heterocycles. The Morgan fingerprint density at radius 3 is 2.81 bits per heavy atom. The van der Waals surface area contributed by atoms with Crippen LogP contribution in [-0.4, -0.2) is 18.4 Å². The molecule has 0 aromatic heterocycles. The van der Waals surface area contributed by atoms with Gasteiger partial charge >= 0.3 is 0 Å². The molecule has 1 aliphatic heterocycles. The number of hydrogen-bond donors (Lipinski definition) is 2. The van der Waals surface area contributed by atoms with Crippen LogP contribution >= 0.6 is 0 Å². The van der Waals surface area contributed by atoms with Gasteiger partial charge in [-0.1, -0.05) is 6.07 Å². The summed E-state index contributed by atoms with van der Waals surface area (Å²) in [5.41, 5.74) is 2.34. The molecule has 1 aliphatic rings. The van der Waals surface area contributed by atoms with Gasteiger partial charge < -0.3 is 19.9 Å². The lowest BCUT2D eigenvalue weighted by Gasteiger charge is -2.15. The average molecular weight is 289 g/mol. The fraction of sp³-hybridized carbons (Fsp3) is 0.250. The van der Waals surface area contributed by atoms with Crippen LogP contribution in [0.4, 0.5) is 10.1 Å². The van der Waals surface area contributed by atoms with Crippen LogP contribution in [-0.2, 0) is 0 Å². The molecule has 0 spiro atoms. The third kappa shape index (κ3) is 2.92. The number of aliphatic hydroxyl groups excluding tert-OH is 1. The minimum atomic E-state index is -0.691. The molecule has 0 bridgehead atoms. The Kier molecular flexibility index (Phi) is 3.66. The SMILES string of the molecule is Cc1cc(F)ccc1NCC(O)c1ccc2c(c1)OCO2. The third-order valence-electron chi connectivity index (χ3n) is 3.46. The van der Waals surface area contributed by atoms with Gasteiger partial charge in [0.2, 0.25) is 6.79 Å². The van der Waals surface area contributed by atoms with Crippen LogP contribution in [0.5, 0.6) is 11.5 Å². The van der Waals surface area contributed by atoms with Crippen LogP contribution in [0.15, 0.2) is 36.4 Å². The van der Waals surface area contributed by atoms with E-state index >= 15 is 0 Å². The van der Waals surface area contributed by atoms with E-state index in [1.807, 2.05) is 6.92 Å². The number of rotatable bonds is 4. The molecule has 4 nitrogen and oxygen atoms in total. The van der Waals surface area contributed by atoms with Gasteiger partial charge in [0.15, 0.2) is 11.5 Å². The molecule has 2 aromatic carbocycles. The summed E-state index contributed by atoms with van der Waals surface area (Å²) < 4.78 is 23.6. The molecule has 1 atom stereocenters. The average Bonchev–Trinajstić information content (AvgIpc) is 2.93. The van der Waals surface area contributed by atoms with Crippen LogP contribution in [0.25, 0.3) is 0 Å². The van der Waals surface area contributed by atoms with Gasteiger partial charge in [-0.25, -0.2) is 4.39 Å². The van der Waals surface area contributed by atoms with Crippen molar-refractivity contribution in [3.63, 3.8) is 0 Å². The second kappa shape index (κ2) is 5.61. The van der Waals surface area contributed by atoms with Crippen LogP contribution in [0.3, 0.4) is 0 Å². The van der Waals surface area contributed by atoms with Crippen molar-refractivity contribution in [1.29, 1.82) is 0 Å². The fourth-order valence-corrected chi connectivity index (χ4v) is 2.27. The van der Waals surface area contributed by atoms with Crippen molar-refractivity contribution in [2.24, 2.45) is 0 Å². The number of hydrogen-bond acceptors (Lipinski definition) is 4. The van der Waals surface area contributed by atoms with Crippen molar-refractivity contribution in [1.82, 2.24) is 0 Å².